The Kier molecular flexibility index (Phi) is 5.20. The lowest BCUT2D eigenvalue weighted by Crippen LogP contribution is -2.00. The van der Waals surface area contributed by atoms with Crippen LogP contribution >= 0.6 is 47.8 Å². The van der Waals surface area contributed by atoms with Gasteiger partial charge in [-0.15, -0.1) is 0 Å². The summed E-state index contributed by atoms with van der Waals surface area (Å²) in [6.45, 7) is 0. The fraction of sp³-hybridized carbons (Fsp3) is 0.143. The number of benzene rings is 2. The first-order valence-electron chi connectivity index (χ1n) is 5.56. The summed E-state index contributed by atoms with van der Waals surface area (Å²) < 4.78 is 33.2. The molecule has 0 aromatic heterocycles. The Hall–Kier alpha value is -0.460. The maximum atomic E-state index is 13.5. The first kappa shape index (κ1) is 15.9. The molecule has 0 amide bonds. The molecule has 2 aromatic rings. The van der Waals surface area contributed by atoms with Crippen LogP contribution < -0.4 is 4.74 Å². The van der Waals surface area contributed by atoms with Crippen LogP contribution in [0.5, 0.6) is 5.75 Å². The molecule has 0 aliphatic rings. The first-order chi connectivity index (χ1) is 9.43. The van der Waals surface area contributed by atoms with Crippen molar-refractivity contribution in [1.82, 2.24) is 0 Å². The van der Waals surface area contributed by atoms with Crippen LogP contribution in [-0.4, -0.2) is 7.11 Å². The van der Waals surface area contributed by atoms with Gasteiger partial charge in [-0.25, -0.2) is 8.78 Å². The van der Waals surface area contributed by atoms with Gasteiger partial charge in [0.15, 0.2) is 0 Å². The van der Waals surface area contributed by atoms with Gasteiger partial charge >= 0.3 is 0 Å². The van der Waals surface area contributed by atoms with E-state index >= 15 is 0 Å². The summed E-state index contributed by atoms with van der Waals surface area (Å²) in [5.41, 5.74) is 1.40. The van der Waals surface area contributed by atoms with Crippen LogP contribution in [0.3, 0.4) is 0 Å². The van der Waals surface area contributed by atoms with Crippen LogP contribution in [0.15, 0.2) is 39.3 Å². The van der Waals surface area contributed by atoms with Crippen LogP contribution in [0.4, 0.5) is 8.78 Å². The van der Waals surface area contributed by atoms with Crippen molar-refractivity contribution in [3.05, 3.63) is 62.0 Å². The Morgan fingerprint density at radius 1 is 1.00 bits per heavy atom. The molecule has 106 valence electrons. The molecule has 0 aliphatic carbocycles. The molecule has 1 nitrogen and oxygen atoms in total. The molecule has 0 fully saturated rings. The number of alkyl halides is 1. The zero-order chi connectivity index (χ0) is 14.9. The molecule has 2 aromatic carbocycles. The minimum atomic E-state index is -0.413. The summed E-state index contributed by atoms with van der Waals surface area (Å²) in [5, 5.41) is 0. The van der Waals surface area contributed by atoms with Crippen molar-refractivity contribution in [3.8, 4) is 5.75 Å². The van der Waals surface area contributed by atoms with E-state index in [1.165, 1.54) is 25.3 Å². The Morgan fingerprint density at radius 2 is 1.70 bits per heavy atom. The highest BCUT2D eigenvalue weighted by Gasteiger charge is 2.20. The third kappa shape index (κ3) is 3.23. The lowest BCUT2D eigenvalue weighted by molar-refractivity contribution is 0.406. The van der Waals surface area contributed by atoms with E-state index < -0.39 is 5.82 Å². The van der Waals surface area contributed by atoms with E-state index in [0.29, 0.717) is 21.3 Å². The first-order valence-corrected chi connectivity index (χ1v) is 8.06. The Bertz CT molecular complexity index is 647. The highest BCUT2D eigenvalue weighted by atomic mass is 79.9. The minimum Gasteiger partial charge on any atom is -0.496 e. The van der Waals surface area contributed by atoms with E-state index in [0.717, 1.165) is 4.47 Å². The smallest absolute Gasteiger partial charge is 0.141 e. The quantitative estimate of drug-likeness (QED) is 0.501. The van der Waals surface area contributed by atoms with Gasteiger partial charge in [0.1, 0.15) is 17.4 Å². The summed E-state index contributed by atoms with van der Waals surface area (Å²) >= 11 is 10.0. The molecule has 2 rings (SSSR count). The van der Waals surface area contributed by atoms with Gasteiger partial charge in [0, 0.05) is 16.1 Å². The molecule has 0 aliphatic heterocycles. The van der Waals surface area contributed by atoms with Crippen LogP contribution in [-0.2, 0) is 0 Å². The van der Waals surface area contributed by atoms with Gasteiger partial charge < -0.3 is 4.74 Å². The van der Waals surface area contributed by atoms with Gasteiger partial charge in [-0.3, -0.25) is 0 Å². The lowest BCUT2D eigenvalue weighted by Gasteiger charge is -2.17. The molecule has 0 radical (unpaired) electrons. The van der Waals surface area contributed by atoms with Gasteiger partial charge in [0.05, 0.1) is 16.4 Å². The molecule has 0 saturated carbocycles. The van der Waals surface area contributed by atoms with Gasteiger partial charge in [0.25, 0.3) is 0 Å². The number of halogens is 5. The van der Waals surface area contributed by atoms with Gasteiger partial charge in [0.2, 0.25) is 0 Å². The molecule has 0 spiro atoms. The number of hydrogen-bond donors (Lipinski definition) is 0. The summed E-state index contributed by atoms with van der Waals surface area (Å²) in [7, 11) is 1.46. The molecule has 0 saturated heterocycles. The van der Waals surface area contributed by atoms with Crippen LogP contribution in [0.2, 0.25) is 0 Å². The van der Waals surface area contributed by atoms with Crippen molar-refractivity contribution in [2.75, 3.05) is 7.11 Å². The van der Waals surface area contributed by atoms with Gasteiger partial charge in [-0.05, 0) is 45.8 Å². The Morgan fingerprint density at radius 3 is 2.35 bits per heavy atom. The highest BCUT2D eigenvalue weighted by Crippen LogP contribution is 2.41. The molecule has 6 heteroatoms. The molecule has 1 atom stereocenters. The number of hydrogen-bond acceptors (Lipinski definition) is 1. The predicted molar refractivity (Wildman–Crippen MR) is 85.5 cm³/mol. The van der Waals surface area contributed by atoms with E-state index in [1.807, 2.05) is 0 Å². The second-order valence-electron chi connectivity index (χ2n) is 4.04. The van der Waals surface area contributed by atoms with E-state index in [-0.39, 0.29) is 10.6 Å². The third-order valence-electron chi connectivity index (χ3n) is 2.78. The maximum absolute atomic E-state index is 13.5. The van der Waals surface area contributed by atoms with Crippen molar-refractivity contribution < 1.29 is 13.5 Å². The normalized spacial score (nSPS) is 12.3. The highest BCUT2D eigenvalue weighted by molar-refractivity contribution is 9.11. The summed E-state index contributed by atoms with van der Waals surface area (Å²) in [5.74, 6) is -0.361. The van der Waals surface area contributed by atoms with Gasteiger partial charge in [-0.2, -0.15) is 0 Å². The van der Waals surface area contributed by atoms with Gasteiger partial charge in [-0.1, -0.05) is 31.9 Å². The average Bonchev–Trinajstić information content (AvgIpc) is 2.43. The molecule has 1 unspecified atom stereocenters. The fourth-order valence-electron chi connectivity index (χ4n) is 1.80. The fourth-order valence-corrected chi connectivity index (χ4v) is 3.68. The SMILES string of the molecule is COc1cc(F)c(Br)cc1C(Br)c1cc(F)ccc1Br. The maximum Gasteiger partial charge on any atom is 0.141 e. The van der Waals surface area contributed by atoms with Crippen LogP contribution in [0.25, 0.3) is 0 Å². The largest absolute Gasteiger partial charge is 0.496 e. The second kappa shape index (κ2) is 6.54. The summed E-state index contributed by atoms with van der Waals surface area (Å²) in [6, 6.07) is 7.32. The number of rotatable bonds is 3. The molecular weight excluding hydrogens is 462 g/mol. The summed E-state index contributed by atoms with van der Waals surface area (Å²) in [6.07, 6.45) is 0. The molecular formula is C14H9Br3F2O. The zero-order valence-corrected chi connectivity index (χ0v) is 15.0. The summed E-state index contributed by atoms with van der Waals surface area (Å²) in [4.78, 5) is -0.334. The number of ether oxygens (including phenoxy) is 1. The predicted octanol–water partition coefficient (Wildman–Crippen LogP) is 5.98. The lowest BCUT2D eigenvalue weighted by atomic mass is 10.0. The number of methoxy groups -OCH3 is 1. The van der Waals surface area contributed by atoms with Crippen molar-refractivity contribution in [2.45, 2.75) is 4.83 Å². The Labute approximate surface area is 140 Å². The molecule has 0 heterocycles. The Balaban J connectivity index is 2.55. The van der Waals surface area contributed by atoms with Crippen LogP contribution in [0, 0.1) is 11.6 Å². The van der Waals surface area contributed by atoms with Crippen molar-refractivity contribution in [2.24, 2.45) is 0 Å². The minimum absolute atomic E-state index is 0.324. The van der Waals surface area contributed by atoms with E-state index in [9.17, 15) is 8.78 Å². The zero-order valence-electron chi connectivity index (χ0n) is 10.3. The standard InChI is InChI=1S/C14H9Br3F2O/c1-20-13-6-12(19)11(16)5-9(13)14(17)8-4-7(18)2-3-10(8)15/h2-6,14H,1H3. The molecule has 20 heavy (non-hydrogen) atoms. The van der Waals surface area contributed by atoms with E-state index in [2.05, 4.69) is 47.8 Å². The van der Waals surface area contributed by atoms with E-state index in [1.54, 1.807) is 12.1 Å². The van der Waals surface area contributed by atoms with Crippen LogP contribution in [0.1, 0.15) is 16.0 Å². The molecule has 0 bridgehead atoms. The third-order valence-corrected chi connectivity index (χ3v) is 5.09. The topological polar surface area (TPSA) is 9.23 Å². The monoisotopic (exact) mass is 468 g/mol. The van der Waals surface area contributed by atoms with Crippen molar-refractivity contribution in [3.63, 3.8) is 0 Å². The van der Waals surface area contributed by atoms with E-state index in [4.69, 9.17) is 4.74 Å². The molecule has 0 N–H and O–H groups in total. The second-order valence-corrected chi connectivity index (χ2v) is 6.66. The van der Waals surface area contributed by atoms with Crippen molar-refractivity contribution in [1.29, 1.82) is 0 Å². The average molecular weight is 471 g/mol. The van der Waals surface area contributed by atoms with Crippen molar-refractivity contribution >= 4 is 47.8 Å².